The lowest BCUT2D eigenvalue weighted by molar-refractivity contribution is -0.169. The standard InChI is InChI=1S/C18H19NO5/c1-10-14(16(21)24-11-6-2-3-7-11)17(22)15(20)12-8-4-5-9-13(12)18(17,23)19-10/h4-5,8-9,11,14,22-23H,2-3,6-7H2,1H3/t14?,17-,18+/m0/s1. The lowest BCUT2D eigenvalue weighted by atomic mass is 9.79. The summed E-state index contributed by atoms with van der Waals surface area (Å²) in [6.07, 6.45) is 3.36. The molecule has 0 aromatic heterocycles. The van der Waals surface area contributed by atoms with Crippen molar-refractivity contribution < 1.29 is 24.5 Å². The SMILES string of the molecule is CC1=N[C@@]2(O)c3ccccc3C(=O)[C@@]2(O)C1C(=O)OC1CCCC1. The maximum Gasteiger partial charge on any atom is 0.318 e. The van der Waals surface area contributed by atoms with Gasteiger partial charge >= 0.3 is 5.97 Å². The maximum absolute atomic E-state index is 12.8. The van der Waals surface area contributed by atoms with Crippen LogP contribution in [0.15, 0.2) is 29.3 Å². The summed E-state index contributed by atoms with van der Waals surface area (Å²) in [6.45, 7) is 1.53. The van der Waals surface area contributed by atoms with Crippen molar-refractivity contribution in [3.63, 3.8) is 0 Å². The largest absolute Gasteiger partial charge is 0.462 e. The number of aliphatic imine (C=N–C) groups is 1. The molecule has 6 heteroatoms. The highest BCUT2D eigenvalue weighted by atomic mass is 16.5. The topological polar surface area (TPSA) is 96.2 Å². The van der Waals surface area contributed by atoms with Crippen LogP contribution in [0.2, 0.25) is 0 Å². The first-order chi connectivity index (χ1) is 11.4. The van der Waals surface area contributed by atoms with Crippen LogP contribution in [-0.2, 0) is 15.3 Å². The zero-order chi connectivity index (χ0) is 17.1. The number of aliphatic hydroxyl groups is 2. The number of hydrogen-bond acceptors (Lipinski definition) is 6. The Morgan fingerprint density at radius 3 is 2.62 bits per heavy atom. The molecule has 0 spiro atoms. The summed E-state index contributed by atoms with van der Waals surface area (Å²) < 4.78 is 5.49. The molecule has 0 amide bonds. The molecule has 1 aromatic carbocycles. The average Bonchev–Trinajstić information content (AvgIpc) is 3.16. The van der Waals surface area contributed by atoms with E-state index in [0.717, 1.165) is 25.7 Å². The van der Waals surface area contributed by atoms with Crippen LogP contribution in [0.5, 0.6) is 0 Å². The molecule has 1 fully saturated rings. The molecule has 6 nitrogen and oxygen atoms in total. The molecule has 2 aliphatic carbocycles. The fourth-order valence-corrected chi connectivity index (χ4v) is 4.23. The first-order valence-electron chi connectivity index (χ1n) is 8.25. The molecule has 3 aliphatic rings. The summed E-state index contributed by atoms with van der Waals surface area (Å²) in [6, 6.07) is 6.38. The molecular formula is C18H19NO5. The number of nitrogens with zero attached hydrogens (tertiary/aromatic N) is 1. The second-order valence-corrected chi connectivity index (χ2v) is 6.84. The predicted octanol–water partition coefficient (Wildman–Crippen LogP) is 1.34. The van der Waals surface area contributed by atoms with Crippen molar-refractivity contribution in [2.45, 2.75) is 50.0 Å². The molecule has 4 rings (SSSR count). The van der Waals surface area contributed by atoms with E-state index >= 15 is 0 Å². The number of carbonyl (C=O) groups excluding carboxylic acids is 2. The van der Waals surface area contributed by atoms with Gasteiger partial charge < -0.3 is 14.9 Å². The Morgan fingerprint density at radius 1 is 1.25 bits per heavy atom. The van der Waals surface area contributed by atoms with E-state index in [4.69, 9.17) is 4.74 Å². The van der Waals surface area contributed by atoms with Crippen LogP contribution in [0.4, 0.5) is 0 Å². The first kappa shape index (κ1) is 15.5. The molecular weight excluding hydrogens is 310 g/mol. The highest BCUT2D eigenvalue weighted by Crippen LogP contribution is 2.53. The first-order valence-corrected chi connectivity index (χ1v) is 8.25. The van der Waals surface area contributed by atoms with Crippen LogP contribution in [0, 0.1) is 5.92 Å². The molecule has 2 N–H and O–H groups in total. The van der Waals surface area contributed by atoms with E-state index in [1.165, 1.54) is 13.0 Å². The lowest BCUT2D eigenvalue weighted by Crippen LogP contribution is -2.56. The van der Waals surface area contributed by atoms with Crippen molar-refractivity contribution in [1.29, 1.82) is 0 Å². The quantitative estimate of drug-likeness (QED) is 0.798. The predicted molar refractivity (Wildman–Crippen MR) is 84.6 cm³/mol. The number of benzene rings is 1. The van der Waals surface area contributed by atoms with E-state index in [2.05, 4.69) is 4.99 Å². The number of carbonyl (C=O) groups is 2. The third-order valence-corrected chi connectivity index (χ3v) is 5.42. The van der Waals surface area contributed by atoms with Gasteiger partial charge in [0.25, 0.3) is 0 Å². The summed E-state index contributed by atoms with van der Waals surface area (Å²) >= 11 is 0. The Balaban J connectivity index is 1.75. The van der Waals surface area contributed by atoms with E-state index in [-0.39, 0.29) is 22.9 Å². The van der Waals surface area contributed by atoms with Crippen molar-refractivity contribution in [3.8, 4) is 0 Å². The molecule has 1 aromatic rings. The van der Waals surface area contributed by atoms with E-state index < -0.39 is 29.0 Å². The highest BCUT2D eigenvalue weighted by Gasteiger charge is 2.72. The van der Waals surface area contributed by atoms with Gasteiger partial charge in [0, 0.05) is 16.8 Å². The Labute approximate surface area is 139 Å². The van der Waals surface area contributed by atoms with Gasteiger partial charge in [-0.3, -0.25) is 14.6 Å². The van der Waals surface area contributed by atoms with Crippen molar-refractivity contribution >= 4 is 17.5 Å². The van der Waals surface area contributed by atoms with Crippen LogP contribution in [0.3, 0.4) is 0 Å². The normalized spacial score (nSPS) is 34.9. The van der Waals surface area contributed by atoms with Crippen molar-refractivity contribution in [2.24, 2.45) is 10.9 Å². The number of ketones is 1. The maximum atomic E-state index is 12.8. The summed E-state index contributed by atoms with van der Waals surface area (Å²) in [5, 5.41) is 22.1. The number of ether oxygens (including phenoxy) is 1. The van der Waals surface area contributed by atoms with Gasteiger partial charge in [-0.1, -0.05) is 24.3 Å². The molecule has 0 saturated heterocycles. The molecule has 126 valence electrons. The van der Waals surface area contributed by atoms with Gasteiger partial charge in [0.2, 0.25) is 11.5 Å². The van der Waals surface area contributed by atoms with Crippen molar-refractivity contribution in [2.75, 3.05) is 0 Å². The number of esters is 1. The third kappa shape index (κ3) is 1.75. The Kier molecular flexibility index (Phi) is 3.21. The van der Waals surface area contributed by atoms with E-state index in [1.807, 2.05) is 0 Å². The van der Waals surface area contributed by atoms with Crippen LogP contribution in [-0.4, -0.2) is 39.4 Å². The summed E-state index contributed by atoms with van der Waals surface area (Å²) in [5.74, 6) is -2.67. The van der Waals surface area contributed by atoms with Crippen LogP contribution >= 0.6 is 0 Å². The van der Waals surface area contributed by atoms with Gasteiger partial charge in [-0.15, -0.1) is 0 Å². The van der Waals surface area contributed by atoms with E-state index in [1.54, 1.807) is 18.2 Å². The van der Waals surface area contributed by atoms with E-state index in [9.17, 15) is 19.8 Å². The smallest absolute Gasteiger partial charge is 0.318 e. The van der Waals surface area contributed by atoms with Gasteiger partial charge in [-0.05, 0) is 32.6 Å². The molecule has 1 unspecified atom stereocenters. The van der Waals surface area contributed by atoms with Gasteiger partial charge in [0.05, 0.1) is 0 Å². The molecule has 24 heavy (non-hydrogen) atoms. The second-order valence-electron chi connectivity index (χ2n) is 6.84. The molecule has 1 aliphatic heterocycles. The summed E-state index contributed by atoms with van der Waals surface area (Å²) in [7, 11) is 0. The summed E-state index contributed by atoms with van der Waals surface area (Å²) in [4.78, 5) is 29.6. The molecule has 1 heterocycles. The van der Waals surface area contributed by atoms with Gasteiger partial charge in [0.1, 0.15) is 12.0 Å². The highest BCUT2D eigenvalue weighted by molar-refractivity contribution is 6.18. The second kappa shape index (κ2) is 4.97. The van der Waals surface area contributed by atoms with Gasteiger partial charge in [0.15, 0.2) is 5.60 Å². The minimum Gasteiger partial charge on any atom is -0.462 e. The monoisotopic (exact) mass is 329 g/mol. The minimum atomic E-state index is -2.34. The number of hydrogen-bond donors (Lipinski definition) is 2. The van der Waals surface area contributed by atoms with E-state index in [0.29, 0.717) is 0 Å². The van der Waals surface area contributed by atoms with Crippen LogP contribution in [0.25, 0.3) is 0 Å². The Hall–Kier alpha value is -2.05. The lowest BCUT2D eigenvalue weighted by Gasteiger charge is -2.32. The molecule has 1 saturated carbocycles. The fraction of sp³-hybridized carbons (Fsp3) is 0.500. The average molecular weight is 329 g/mol. The Bertz CT molecular complexity index is 766. The molecule has 0 bridgehead atoms. The molecule has 3 atom stereocenters. The molecule has 0 radical (unpaired) electrons. The Morgan fingerprint density at radius 2 is 1.92 bits per heavy atom. The van der Waals surface area contributed by atoms with Crippen LogP contribution in [0.1, 0.15) is 48.5 Å². The third-order valence-electron chi connectivity index (χ3n) is 5.42. The number of rotatable bonds is 2. The summed E-state index contributed by atoms with van der Waals surface area (Å²) in [5.41, 5.74) is -3.84. The van der Waals surface area contributed by atoms with Crippen molar-refractivity contribution in [1.82, 2.24) is 0 Å². The zero-order valence-electron chi connectivity index (χ0n) is 13.4. The number of Topliss-reactive ketones (excluding diaryl/α,β-unsaturated/α-hetero) is 1. The van der Waals surface area contributed by atoms with Gasteiger partial charge in [-0.2, -0.15) is 0 Å². The zero-order valence-corrected chi connectivity index (χ0v) is 13.4. The fourth-order valence-electron chi connectivity index (χ4n) is 4.23. The van der Waals surface area contributed by atoms with Crippen molar-refractivity contribution in [3.05, 3.63) is 35.4 Å². The van der Waals surface area contributed by atoms with Gasteiger partial charge in [-0.25, -0.2) is 0 Å². The number of fused-ring (bicyclic) bond motifs is 3. The van der Waals surface area contributed by atoms with Crippen LogP contribution < -0.4 is 0 Å². The minimum absolute atomic E-state index is 0.192.